The first-order chi connectivity index (χ1) is 6.20. The van der Waals surface area contributed by atoms with E-state index < -0.39 is 0 Å². The third-order valence-electron chi connectivity index (χ3n) is 2.81. The molecule has 1 aromatic heterocycles. The normalized spacial score (nSPS) is 20.7. The molecule has 1 N–H and O–H groups in total. The molecule has 1 aliphatic carbocycles. The summed E-state index contributed by atoms with van der Waals surface area (Å²) in [7, 11) is 0. The van der Waals surface area contributed by atoms with Gasteiger partial charge in [0.05, 0.1) is 5.69 Å². The Kier molecular flexibility index (Phi) is 1.94. The Bertz CT molecular complexity index is 323. The molecule has 0 amide bonds. The van der Waals surface area contributed by atoms with Crippen molar-refractivity contribution in [1.29, 1.82) is 0 Å². The molecule has 0 radical (unpaired) electrons. The van der Waals surface area contributed by atoms with Crippen LogP contribution in [0, 0.1) is 5.92 Å². The Hall–Kier alpha value is -1.12. The van der Waals surface area contributed by atoms with E-state index in [1.54, 1.807) is 0 Å². The molecular weight excluding hydrogens is 164 g/mol. The maximum atomic E-state index is 9.60. The molecule has 13 heavy (non-hydrogen) atoms. The number of aromatic hydroxyl groups is 1. The molecule has 1 heterocycles. The lowest BCUT2D eigenvalue weighted by Gasteiger charge is -2.15. The van der Waals surface area contributed by atoms with Gasteiger partial charge in [0.2, 0.25) is 5.88 Å². The second-order valence-corrected chi connectivity index (χ2v) is 3.95. The average molecular weight is 178 g/mol. The highest BCUT2D eigenvalue weighted by Crippen LogP contribution is 2.40. The van der Waals surface area contributed by atoms with Gasteiger partial charge in [-0.15, -0.1) is 0 Å². The first-order valence-corrected chi connectivity index (χ1v) is 4.73. The van der Waals surface area contributed by atoms with Crippen LogP contribution in [-0.4, -0.2) is 15.1 Å². The van der Waals surface area contributed by atoms with E-state index >= 15 is 0 Å². The summed E-state index contributed by atoms with van der Waals surface area (Å²) in [4.78, 5) is 8.01. The predicted molar refractivity (Wildman–Crippen MR) is 49.6 cm³/mol. The Balaban J connectivity index is 2.46. The standard InChI is InChI=1S/C10H14N2O/c1-6(2)7-3-4-8-9(7)10(13)12-5-11-8/h5-7H,3-4H2,1-2H3,(H,11,12,13). The molecule has 1 atom stereocenters. The van der Waals surface area contributed by atoms with Crippen molar-refractivity contribution in [3.8, 4) is 5.88 Å². The van der Waals surface area contributed by atoms with Crippen LogP contribution >= 0.6 is 0 Å². The molecule has 0 saturated carbocycles. The first-order valence-electron chi connectivity index (χ1n) is 4.73. The number of aryl methyl sites for hydroxylation is 1. The largest absolute Gasteiger partial charge is 0.493 e. The maximum Gasteiger partial charge on any atom is 0.217 e. The molecule has 1 unspecified atom stereocenters. The highest BCUT2D eigenvalue weighted by molar-refractivity contribution is 5.36. The molecule has 1 aromatic rings. The van der Waals surface area contributed by atoms with Gasteiger partial charge in [0.1, 0.15) is 6.33 Å². The lowest BCUT2D eigenvalue weighted by Crippen LogP contribution is -2.03. The maximum absolute atomic E-state index is 9.60. The number of nitrogens with zero attached hydrogens (tertiary/aromatic N) is 2. The summed E-state index contributed by atoms with van der Waals surface area (Å²) in [6.07, 6.45) is 3.52. The third kappa shape index (κ3) is 1.28. The van der Waals surface area contributed by atoms with Gasteiger partial charge in [-0.3, -0.25) is 0 Å². The minimum absolute atomic E-state index is 0.182. The van der Waals surface area contributed by atoms with Crippen molar-refractivity contribution in [3.63, 3.8) is 0 Å². The van der Waals surface area contributed by atoms with Gasteiger partial charge < -0.3 is 5.11 Å². The summed E-state index contributed by atoms with van der Waals surface area (Å²) < 4.78 is 0. The fraction of sp³-hybridized carbons (Fsp3) is 0.600. The minimum atomic E-state index is 0.182. The number of fused-ring (bicyclic) bond motifs is 1. The fourth-order valence-corrected chi connectivity index (χ4v) is 2.10. The zero-order valence-electron chi connectivity index (χ0n) is 7.99. The van der Waals surface area contributed by atoms with Crippen LogP contribution < -0.4 is 0 Å². The van der Waals surface area contributed by atoms with Crippen LogP contribution in [0.15, 0.2) is 6.33 Å². The minimum Gasteiger partial charge on any atom is -0.493 e. The van der Waals surface area contributed by atoms with E-state index in [9.17, 15) is 5.11 Å². The second kappa shape index (κ2) is 2.98. The van der Waals surface area contributed by atoms with Gasteiger partial charge in [-0.25, -0.2) is 9.97 Å². The van der Waals surface area contributed by atoms with Crippen molar-refractivity contribution in [2.24, 2.45) is 5.92 Å². The summed E-state index contributed by atoms with van der Waals surface area (Å²) in [5.41, 5.74) is 2.02. The molecule has 0 saturated heterocycles. The SMILES string of the molecule is CC(C)C1CCc2ncnc(O)c21. The van der Waals surface area contributed by atoms with Crippen LogP contribution in [0.3, 0.4) is 0 Å². The Morgan fingerprint density at radius 2 is 2.23 bits per heavy atom. The van der Waals surface area contributed by atoms with Crippen molar-refractivity contribution in [1.82, 2.24) is 9.97 Å². The molecular formula is C10H14N2O. The Morgan fingerprint density at radius 3 is 2.92 bits per heavy atom. The van der Waals surface area contributed by atoms with E-state index in [-0.39, 0.29) is 5.88 Å². The average Bonchev–Trinajstić information content (AvgIpc) is 2.49. The lowest BCUT2D eigenvalue weighted by atomic mass is 9.91. The molecule has 2 rings (SSSR count). The summed E-state index contributed by atoms with van der Waals surface area (Å²) in [6.45, 7) is 4.35. The smallest absolute Gasteiger partial charge is 0.217 e. The van der Waals surface area contributed by atoms with E-state index in [1.165, 1.54) is 6.33 Å². The van der Waals surface area contributed by atoms with Crippen LogP contribution in [0.5, 0.6) is 5.88 Å². The zero-order chi connectivity index (χ0) is 9.42. The number of aromatic nitrogens is 2. The molecule has 3 nitrogen and oxygen atoms in total. The summed E-state index contributed by atoms with van der Waals surface area (Å²) in [5.74, 6) is 1.18. The van der Waals surface area contributed by atoms with E-state index in [4.69, 9.17) is 0 Å². The van der Waals surface area contributed by atoms with Gasteiger partial charge in [-0.2, -0.15) is 0 Å². The molecule has 70 valence electrons. The third-order valence-corrected chi connectivity index (χ3v) is 2.81. The van der Waals surface area contributed by atoms with Crippen LogP contribution in [-0.2, 0) is 6.42 Å². The summed E-state index contributed by atoms with van der Waals surface area (Å²) in [6, 6.07) is 0. The van der Waals surface area contributed by atoms with E-state index in [1.807, 2.05) is 0 Å². The zero-order valence-corrected chi connectivity index (χ0v) is 7.99. The van der Waals surface area contributed by atoms with E-state index in [0.717, 1.165) is 24.1 Å². The topological polar surface area (TPSA) is 46.0 Å². The van der Waals surface area contributed by atoms with Crippen molar-refractivity contribution < 1.29 is 5.11 Å². The molecule has 0 aromatic carbocycles. The Morgan fingerprint density at radius 1 is 1.46 bits per heavy atom. The van der Waals surface area contributed by atoms with Crippen molar-refractivity contribution in [2.75, 3.05) is 0 Å². The van der Waals surface area contributed by atoms with Crippen molar-refractivity contribution in [2.45, 2.75) is 32.6 Å². The van der Waals surface area contributed by atoms with E-state index in [2.05, 4.69) is 23.8 Å². The van der Waals surface area contributed by atoms with Gasteiger partial charge in [0, 0.05) is 5.56 Å². The highest BCUT2D eigenvalue weighted by Gasteiger charge is 2.29. The highest BCUT2D eigenvalue weighted by atomic mass is 16.3. The van der Waals surface area contributed by atoms with Gasteiger partial charge in [-0.05, 0) is 24.7 Å². The van der Waals surface area contributed by atoms with E-state index in [0.29, 0.717) is 11.8 Å². The molecule has 3 heteroatoms. The number of hydrogen-bond acceptors (Lipinski definition) is 3. The number of hydrogen-bond donors (Lipinski definition) is 1. The van der Waals surface area contributed by atoms with Gasteiger partial charge in [0.15, 0.2) is 0 Å². The fourth-order valence-electron chi connectivity index (χ4n) is 2.10. The lowest BCUT2D eigenvalue weighted by molar-refractivity contribution is 0.421. The van der Waals surface area contributed by atoms with Crippen LogP contribution in [0.4, 0.5) is 0 Å². The van der Waals surface area contributed by atoms with Crippen LogP contribution in [0.1, 0.15) is 37.4 Å². The molecule has 1 aliphatic rings. The van der Waals surface area contributed by atoms with Crippen LogP contribution in [0.25, 0.3) is 0 Å². The molecule has 0 bridgehead atoms. The summed E-state index contributed by atoms with van der Waals surface area (Å²) >= 11 is 0. The predicted octanol–water partition coefficient (Wildman–Crippen LogP) is 1.87. The number of rotatable bonds is 1. The van der Waals surface area contributed by atoms with Gasteiger partial charge >= 0.3 is 0 Å². The van der Waals surface area contributed by atoms with Gasteiger partial charge in [-0.1, -0.05) is 13.8 Å². The quantitative estimate of drug-likeness (QED) is 0.714. The first kappa shape index (κ1) is 8.48. The molecule has 0 spiro atoms. The Labute approximate surface area is 77.8 Å². The van der Waals surface area contributed by atoms with Gasteiger partial charge in [0.25, 0.3) is 0 Å². The van der Waals surface area contributed by atoms with Crippen molar-refractivity contribution in [3.05, 3.63) is 17.6 Å². The summed E-state index contributed by atoms with van der Waals surface area (Å²) in [5, 5.41) is 9.60. The molecule has 0 fully saturated rings. The van der Waals surface area contributed by atoms with Crippen molar-refractivity contribution >= 4 is 0 Å². The second-order valence-electron chi connectivity index (χ2n) is 3.95. The van der Waals surface area contributed by atoms with Crippen LogP contribution in [0.2, 0.25) is 0 Å². The monoisotopic (exact) mass is 178 g/mol. The molecule has 0 aliphatic heterocycles.